The number of anilines is 1. The molecule has 0 bridgehead atoms. The quantitative estimate of drug-likeness (QED) is 0.664. The lowest BCUT2D eigenvalue weighted by Gasteiger charge is -2.21. The summed E-state index contributed by atoms with van der Waals surface area (Å²) in [6.07, 6.45) is 2.86. The molecule has 1 aromatic carbocycles. The average molecular weight is 413 g/mol. The van der Waals surface area contributed by atoms with E-state index in [9.17, 15) is 9.59 Å². The smallest absolute Gasteiger partial charge is 0.322 e. The summed E-state index contributed by atoms with van der Waals surface area (Å²) in [6.45, 7) is 5.09. The van der Waals surface area contributed by atoms with Crippen LogP contribution in [-0.2, 0) is 6.54 Å². The van der Waals surface area contributed by atoms with Crippen LogP contribution in [0.3, 0.4) is 0 Å². The molecule has 1 aromatic heterocycles. The zero-order chi connectivity index (χ0) is 19.8. The van der Waals surface area contributed by atoms with Crippen molar-refractivity contribution in [2.24, 2.45) is 0 Å². The van der Waals surface area contributed by atoms with Gasteiger partial charge in [-0.15, -0.1) is 0 Å². The molecule has 2 rings (SSSR count). The predicted molar refractivity (Wildman–Crippen MR) is 105 cm³/mol. The van der Waals surface area contributed by atoms with Gasteiger partial charge in [-0.05, 0) is 31.0 Å². The summed E-state index contributed by atoms with van der Waals surface area (Å²) in [5, 5.41) is 6.30. The summed E-state index contributed by atoms with van der Waals surface area (Å²) in [5.74, 6) is -0.0197. The van der Waals surface area contributed by atoms with E-state index in [1.807, 2.05) is 13.8 Å². The number of urea groups is 1. The van der Waals surface area contributed by atoms with Crippen LogP contribution in [0.2, 0.25) is 10.0 Å². The number of amides is 3. The number of benzene rings is 1. The number of hydrogen-bond acceptors (Lipinski definition) is 4. The third kappa shape index (κ3) is 6.15. The van der Waals surface area contributed by atoms with Gasteiger partial charge in [-0.25, -0.2) is 9.78 Å². The molecule has 0 saturated carbocycles. The number of halogens is 2. The first-order valence-corrected chi connectivity index (χ1v) is 9.43. The molecule has 1 heterocycles. The summed E-state index contributed by atoms with van der Waals surface area (Å²) in [7, 11) is 0. The molecule has 0 aliphatic carbocycles. The molecule has 27 heavy (non-hydrogen) atoms. The van der Waals surface area contributed by atoms with Gasteiger partial charge in [0.15, 0.2) is 5.69 Å². The van der Waals surface area contributed by atoms with Gasteiger partial charge in [0.25, 0.3) is 5.91 Å². The second-order valence-electron chi connectivity index (χ2n) is 5.86. The van der Waals surface area contributed by atoms with Gasteiger partial charge in [-0.1, -0.05) is 37.0 Å². The minimum atomic E-state index is -0.351. The normalized spacial score (nSPS) is 10.5. The van der Waals surface area contributed by atoms with Gasteiger partial charge in [-0.2, -0.15) is 0 Å². The van der Waals surface area contributed by atoms with Crippen LogP contribution in [0.5, 0.6) is 0 Å². The van der Waals surface area contributed by atoms with E-state index >= 15 is 0 Å². The third-order valence-corrected chi connectivity index (χ3v) is 4.15. The van der Waals surface area contributed by atoms with E-state index in [2.05, 4.69) is 15.6 Å². The number of rotatable bonds is 8. The molecule has 0 saturated heterocycles. The van der Waals surface area contributed by atoms with Crippen LogP contribution in [0, 0.1) is 0 Å². The third-order valence-electron chi connectivity index (χ3n) is 3.60. The van der Waals surface area contributed by atoms with Crippen LogP contribution >= 0.6 is 23.2 Å². The lowest BCUT2D eigenvalue weighted by molar-refractivity contribution is 0.0948. The number of nitrogens with one attached hydrogen (secondary N) is 2. The van der Waals surface area contributed by atoms with Crippen molar-refractivity contribution in [2.45, 2.75) is 33.2 Å². The highest BCUT2D eigenvalue weighted by Crippen LogP contribution is 2.25. The van der Waals surface area contributed by atoms with E-state index < -0.39 is 0 Å². The molecule has 0 aliphatic rings. The fraction of sp³-hybridized carbons (Fsp3) is 0.389. The summed E-state index contributed by atoms with van der Waals surface area (Å²) in [5.41, 5.74) is 0.648. The predicted octanol–water partition coefficient (Wildman–Crippen LogP) is 4.57. The first kappa shape index (κ1) is 21.1. The van der Waals surface area contributed by atoms with Crippen molar-refractivity contribution < 1.29 is 14.0 Å². The molecule has 0 atom stereocenters. The second-order valence-corrected chi connectivity index (χ2v) is 6.70. The Labute approximate surface area is 168 Å². The van der Waals surface area contributed by atoms with Crippen molar-refractivity contribution in [3.05, 3.63) is 46.1 Å². The fourth-order valence-electron chi connectivity index (χ4n) is 2.29. The summed E-state index contributed by atoms with van der Waals surface area (Å²) in [6, 6.07) is 4.48. The van der Waals surface area contributed by atoms with Crippen molar-refractivity contribution in [2.75, 3.05) is 18.4 Å². The van der Waals surface area contributed by atoms with Crippen LogP contribution in [0.25, 0.3) is 0 Å². The van der Waals surface area contributed by atoms with E-state index in [-0.39, 0.29) is 30.1 Å². The standard InChI is InChI=1S/C18H22Cl2N4O3/c1-3-7-21-17(25)15-11-27-16(22-15)10-24(8-4-2)18(26)23-14-6-5-12(19)9-13(14)20/h5-6,9,11H,3-4,7-8,10H2,1-2H3,(H,21,25)(H,23,26). The van der Waals surface area contributed by atoms with Crippen molar-refractivity contribution in [3.8, 4) is 0 Å². The second kappa shape index (κ2) is 10.2. The summed E-state index contributed by atoms with van der Waals surface area (Å²) >= 11 is 12.0. The van der Waals surface area contributed by atoms with Crippen LogP contribution in [-0.4, -0.2) is 34.9 Å². The van der Waals surface area contributed by atoms with Crippen LogP contribution < -0.4 is 10.6 Å². The molecule has 3 amide bonds. The van der Waals surface area contributed by atoms with E-state index in [1.54, 1.807) is 18.2 Å². The lowest BCUT2D eigenvalue weighted by Crippen LogP contribution is -2.35. The zero-order valence-electron chi connectivity index (χ0n) is 15.2. The number of hydrogen-bond donors (Lipinski definition) is 2. The number of aromatic nitrogens is 1. The Balaban J connectivity index is 2.05. The minimum Gasteiger partial charge on any atom is -0.446 e. The van der Waals surface area contributed by atoms with Crippen LogP contribution in [0.4, 0.5) is 10.5 Å². The first-order valence-electron chi connectivity index (χ1n) is 8.68. The van der Waals surface area contributed by atoms with Gasteiger partial charge in [0.05, 0.1) is 17.3 Å². The Morgan fingerprint density at radius 1 is 1.22 bits per heavy atom. The Kier molecular flexibility index (Phi) is 7.94. The topological polar surface area (TPSA) is 87.5 Å². The van der Waals surface area contributed by atoms with Crippen molar-refractivity contribution in [1.82, 2.24) is 15.2 Å². The van der Waals surface area contributed by atoms with Crippen molar-refractivity contribution >= 4 is 40.8 Å². The molecule has 9 heteroatoms. The van der Waals surface area contributed by atoms with Gasteiger partial charge >= 0.3 is 6.03 Å². The number of nitrogens with zero attached hydrogens (tertiary/aromatic N) is 2. The maximum atomic E-state index is 12.6. The molecule has 7 nitrogen and oxygen atoms in total. The van der Waals surface area contributed by atoms with Gasteiger partial charge in [0, 0.05) is 18.1 Å². The monoisotopic (exact) mass is 412 g/mol. The molecule has 146 valence electrons. The highest BCUT2D eigenvalue weighted by molar-refractivity contribution is 6.36. The largest absolute Gasteiger partial charge is 0.446 e. The van der Waals surface area contributed by atoms with Gasteiger partial charge in [-0.3, -0.25) is 4.79 Å². The molecule has 2 N–H and O–H groups in total. The molecular formula is C18H22Cl2N4O3. The maximum absolute atomic E-state index is 12.6. The highest BCUT2D eigenvalue weighted by atomic mass is 35.5. The van der Waals surface area contributed by atoms with Gasteiger partial charge in [0.1, 0.15) is 6.26 Å². The Morgan fingerprint density at radius 3 is 2.67 bits per heavy atom. The molecule has 0 radical (unpaired) electrons. The highest BCUT2D eigenvalue weighted by Gasteiger charge is 2.19. The molecule has 0 fully saturated rings. The van der Waals surface area contributed by atoms with E-state index in [1.165, 1.54) is 11.2 Å². The minimum absolute atomic E-state index is 0.131. The lowest BCUT2D eigenvalue weighted by atomic mass is 10.3. The molecule has 0 unspecified atom stereocenters. The van der Waals surface area contributed by atoms with Gasteiger partial charge < -0.3 is 20.0 Å². The Bertz CT molecular complexity index is 795. The van der Waals surface area contributed by atoms with Crippen molar-refractivity contribution in [3.63, 3.8) is 0 Å². The van der Waals surface area contributed by atoms with E-state index in [0.717, 1.165) is 12.8 Å². The Morgan fingerprint density at radius 2 is 2.00 bits per heavy atom. The molecule has 0 spiro atoms. The number of carbonyl (C=O) groups is 2. The maximum Gasteiger partial charge on any atom is 0.322 e. The van der Waals surface area contributed by atoms with E-state index in [4.69, 9.17) is 27.6 Å². The molecular weight excluding hydrogens is 391 g/mol. The van der Waals surface area contributed by atoms with E-state index in [0.29, 0.717) is 28.8 Å². The number of carbonyl (C=O) groups excluding carboxylic acids is 2. The number of oxazole rings is 1. The van der Waals surface area contributed by atoms with Gasteiger partial charge in [0.2, 0.25) is 5.89 Å². The summed E-state index contributed by atoms with van der Waals surface area (Å²) in [4.78, 5) is 30.2. The van der Waals surface area contributed by atoms with Crippen LogP contribution in [0.15, 0.2) is 28.9 Å². The fourth-order valence-corrected chi connectivity index (χ4v) is 2.74. The van der Waals surface area contributed by atoms with Crippen molar-refractivity contribution in [1.29, 1.82) is 0 Å². The first-order chi connectivity index (χ1) is 12.9. The average Bonchev–Trinajstić information content (AvgIpc) is 3.10. The Hall–Kier alpha value is -2.25. The SMILES string of the molecule is CCCNC(=O)c1coc(CN(CCC)C(=O)Nc2ccc(Cl)cc2Cl)n1. The zero-order valence-corrected chi connectivity index (χ0v) is 16.7. The molecule has 2 aromatic rings. The van der Waals surface area contributed by atoms with Crippen LogP contribution in [0.1, 0.15) is 43.1 Å². The summed E-state index contributed by atoms with van der Waals surface area (Å²) < 4.78 is 5.35. The molecule has 0 aliphatic heterocycles.